The molecule has 1 aromatic carbocycles. The van der Waals surface area contributed by atoms with E-state index in [4.69, 9.17) is 9.15 Å². The molecule has 1 aliphatic rings. The van der Waals surface area contributed by atoms with E-state index in [2.05, 4.69) is 38.8 Å². The lowest BCUT2D eigenvalue weighted by molar-refractivity contribution is 0.0193. The molecule has 0 saturated carbocycles. The molecule has 1 unspecified atom stereocenters. The summed E-state index contributed by atoms with van der Waals surface area (Å²) >= 11 is 1.74. The second kappa shape index (κ2) is 8.35. The number of rotatable bonds is 6. The van der Waals surface area contributed by atoms with Crippen LogP contribution in [0.2, 0.25) is 0 Å². The predicted molar refractivity (Wildman–Crippen MR) is 105 cm³/mol. The Morgan fingerprint density at radius 3 is 2.70 bits per heavy atom. The predicted octanol–water partition coefficient (Wildman–Crippen LogP) is 3.76. The van der Waals surface area contributed by atoms with Gasteiger partial charge in [0.25, 0.3) is 0 Å². The molecule has 2 aromatic heterocycles. The summed E-state index contributed by atoms with van der Waals surface area (Å²) in [5.74, 6) is 0.875. The van der Waals surface area contributed by atoms with Crippen molar-refractivity contribution in [2.24, 2.45) is 0 Å². The maximum Gasteiger partial charge on any atom is 0.232 e. The highest BCUT2D eigenvalue weighted by atomic mass is 32.1. The van der Waals surface area contributed by atoms with Gasteiger partial charge in [0.15, 0.2) is 0 Å². The number of morpholine rings is 1. The average molecular weight is 380 g/mol. The minimum absolute atomic E-state index is 0.200. The molecule has 4 rings (SSSR count). The van der Waals surface area contributed by atoms with Crippen LogP contribution in [0.1, 0.15) is 16.6 Å². The number of nitrogens with zero attached hydrogens (tertiary/aromatic N) is 3. The fraction of sp³-hybridized carbons (Fsp3) is 0.300. The van der Waals surface area contributed by atoms with Gasteiger partial charge in [0, 0.05) is 30.1 Å². The van der Waals surface area contributed by atoms with Gasteiger partial charge in [-0.1, -0.05) is 24.3 Å². The van der Waals surface area contributed by atoms with Crippen molar-refractivity contribution in [1.82, 2.24) is 9.88 Å². The van der Waals surface area contributed by atoms with Gasteiger partial charge in [-0.3, -0.25) is 4.90 Å². The van der Waals surface area contributed by atoms with Gasteiger partial charge in [-0.05, 0) is 23.6 Å². The van der Waals surface area contributed by atoms with E-state index in [9.17, 15) is 5.26 Å². The van der Waals surface area contributed by atoms with Gasteiger partial charge < -0.3 is 14.5 Å². The molecule has 1 saturated heterocycles. The first kappa shape index (κ1) is 17.7. The zero-order valence-corrected chi connectivity index (χ0v) is 15.6. The van der Waals surface area contributed by atoms with Crippen molar-refractivity contribution < 1.29 is 9.15 Å². The Balaban J connectivity index is 1.54. The number of anilines is 1. The number of thiophene rings is 1. The molecule has 3 heterocycles. The number of aromatic nitrogens is 1. The molecule has 0 spiro atoms. The van der Waals surface area contributed by atoms with Crippen molar-refractivity contribution in [1.29, 1.82) is 5.26 Å². The Hall–Kier alpha value is -2.66. The molecule has 6 nitrogen and oxygen atoms in total. The van der Waals surface area contributed by atoms with Gasteiger partial charge in [0.2, 0.25) is 17.5 Å². The van der Waals surface area contributed by atoms with Crippen molar-refractivity contribution in [3.63, 3.8) is 0 Å². The normalized spacial score (nSPS) is 16.0. The zero-order valence-electron chi connectivity index (χ0n) is 14.8. The third kappa shape index (κ3) is 4.03. The number of hydrogen-bond acceptors (Lipinski definition) is 7. The first-order chi connectivity index (χ1) is 13.3. The van der Waals surface area contributed by atoms with Crippen molar-refractivity contribution in [2.75, 3.05) is 38.2 Å². The molecule has 0 aliphatic carbocycles. The summed E-state index contributed by atoms with van der Waals surface area (Å²) in [6, 6.07) is 16.1. The van der Waals surface area contributed by atoms with E-state index in [-0.39, 0.29) is 11.7 Å². The lowest BCUT2D eigenvalue weighted by Crippen LogP contribution is -2.41. The fourth-order valence-corrected chi connectivity index (χ4v) is 4.05. The van der Waals surface area contributed by atoms with Crippen molar-refractivity contribution in [3.05, 3.63) is 58.4 Å². The Bertz CT molecular complexity index is 896. The van der Waals surface area contributed by atoms with Crippen molar-refractivity contribution in [3.8, 4) is 17.5 Å². The number of hydrogen-bond donors (Lipinski definition) is 1. The van der Waals surface area contributed by atoms with Crippen LogP contribution < -0.4 is 5.32 Å². The first-order valence-electron chi connectivity index (χ1n) is 8.90. The van der Waals surface area contributed by atoms with Crippen molar-refractivity contribution in [2.45, 2.75) is 6.04 Å². The van der Waals surface area contributed by atoms with Crippen LogP contribution >= 0.6 is 11.3 Å². The van der Waals surface area contributed by atoms with E-state index >= 15 is 0 Å². The van der Waals surface area contributed by atoms with Gasteiger partial charge in [-0.15, -0.1) is 11.3 Å². The van der Waals surface area contributed by atoms with E-state index in [0.29, 0.717) is 18.3 Å². The third-order valence-electron chi connectivity index (χ3n) is 4.57. The number of oxazole rings is 1. The standard InChI is InChI=1S/C20H20N4O2S/c21-13-16-20(26-19(23-16)15-5-2-1-3-6-15)22-14-17(18-7-4-12-27-18)24-8-10-25-11-9-24/h1-7,12,17,22H,8-11,14H2. The van der Waals surface area contributed by atoms with Crippen LogP contribution in [0.15, 0.2) is 52.3 Å². The SMILES string of the molecule is N#Cc1nc(-c2ccccc2)oc1NCC(c1cccs1)N1CCOCC1. The van der Waals surface area contributed by atoms with E-state index in [1.54, 1.807) is 11.3 Å². The van der Waals surface area contributed by atoms with E-state index < -0.39 is 0 Å². The number of nitriles is 1. The summed E-state index contributed by atoms with van der Waals surface area (Å²) in [6.45, 7) is 3.90. The summed E-state index contributed by atoms with van der Waals surface area (Å²) in [6.07, 6.45) is 0. The summed E-state index contributed by atoms with van der Waals surface area (Å²) < 4.78 is 11.4. The Labute approximate surface area is 162 Å². The fourth-order valence-electron chi connectivity index (χ4n) is 3.19. The van der Waals surface area contributed by atoms with Gasteiger partial charge in [0.1, 0.15) is 6.07 Å². The molecule has 27 heavy (non-hydrogen) atoms. The molecule has 7 heteroatoms. The summed E-state index contributed by atoms with van der Waals surface area (Å²) in [4.78, 5) is 8.02. The molecule has 1 N–H and O–H groups in total. The molecule has 3 aromatic rings. The van der Waals surface area contributed by atoms with Crippen LogP contribution in [-0.2, 0) is 4.74 Å². The topological polar surface area (TPSA) is 74.3 Å². The van der Waals surface area contributed by atoms with Crippen LogP contribution in [0, 0.1) is 11.3 Å². The van der Waals surface area contributed by atoms with Crippen LogP contribution in [0.25, 0.3) is 11.5 Å². The zero-order chi connectivity index (χ0) is 18.5. The van der Waals surface area contributed by atoms with Gasteiger partial charge in [-0.2, -0.15) is 10.2 Å². The second-order valence-electron chi connectivity index (χ2n) is 6.24. The highest BCUT2D eigenvalue weighted by Crippen LogP contribution is 2.29. The Morgan fingerprint density at radius 1 is 1.19 bits per heavy atom. The van der Waals surface area contributed by atoms with E-state index in [1.807, 2.05) is 30.3 Å². The van der Waals surface area contributed by atoms with Gasteiger partial charge >= 0.3 is 0 Å². The smallest absolute Gasteiger partial charge is 0.232 e. The minimum Gasteiger partial charge on any atom is -0.419 e. The maximum atomic E-state index is 9.44. The highest BCUT2D eigenvalue weighted by molar-refractivity contribution is 7.10. The number of benzene rings is 1. The Morgan fingerprint density at radius 2 is 2.00 bits per heavy atom. The van der Waals surface area contributed by atoms with E-state index in [0.717, 1.165) is 31.9 Å². The first-order valence-corrected chi connectivity index (χ1v) is 9.78. The summed E-state index contributed by atoms with van der Waals surface area (Å²) in [7, 11) is 0. The lowest BCUT2D eigenvalue weighted by atomic mass is 10.2. The lowest BCUT2D eigenvalue weighted by Gasteiger charge is -2.34. The van der Waals surface area contributed by atoms with Crippen LogP contribution in [0.3, 0.4) is 0 Å². The average Bonchev–Trinajstić information content (AvgIpc) is 3.40. The molecule has 0 bridgehead atoms. The van der Waals surface area contributed by atoms with E-state index in [1.165, 1.54) is 4.88 Å². The largest absolute Gasteiger partial charge is 0.419 e. The maximum absolute atomic E-state index is 9.44. The van der Waals surface area contributed by atoms with Crippen LogP contribution in [-0.4, -0.2) is 42.7 Å². The molecule has 0 radical (unpaired) electrons. The monoisotopic (exact) mass is 380 g/mol. The number of nitrogens with one attached hydrogen (secondary N) is 1. The summed E-state index contributed by atoms with van der Waals surface area (Å²) in [5, 5.41) is 14.8. The van der Waals surface area contributed by atoms with Crippen molar-refractivity contribution >= 4 is 17.2 Å². The molecular formula is C20H20N4O2S. The number of ether oxygens (including phenoxy) is 1. The highest BCUT2D eigenvalue weighted by Gasteiger charge is 2.24. The quantitative estimate of drug-likeness (QED) is 0.702. The molecule has 1 fully saturated rings. The molecule has 138 valence electrons. The second-order valence-corrected chi connectivity index (χ2v) is 7.21. The minimum atomic E-state index is 0.200. The molecule has 1 aliphatic heterocycles. The van der Waals surface area contributed by atoms with Crippen LogP contribution in [0.4, 0.5) is 5.88 Å². The molecular weight excluding hydrogens is 360 g/mol. The summed E-state index contributed by atoms with van der Waals surface area (Å²) in [5.41, 5.74) is 1.13. The van der Waals surface area contributed by atoms with Gasteiger partial charge in [-0.25, -0.2) is 0 Å². The van der Waals surface area contributed by atoms with Crippen LogP contribution in [0.5, 0.6) is 0 Å². The molecule has 0 amide bonds. The molecule has 1 atom stereocenters. The van der Waals surface area contributed by atoms with Gasteiger partial charge in [0.05, 0.1) is 19.3 Å². The Kier molecular flexibility index (Phi) is 5.49. The third-order valence-corrected chi connectivity index (χ3v) is 5.54.